The highest BCUT2D eigenvalue weighted by molar-refractivity contribution is 5.92. The molecule has 2 N–H and O–H groups in total. The molecule has 6 nitrogen and oxygen atoms in total. The van der Waals surface area contributed by atoms with Gasteiger partial charge < -0.3 is 10.1 Å². The fourth-order valence-electron chi connectivity index (χ4n) is 5.29. The highest BCUT2D eigenvalue weighted by Gasteiger charge is 2.60. The van der Waals surface area contributed by atoms with Crippen LogP contribution in [-0.2, 0) is 11.0 Å². The largest absolute Gasteiger partial charge is 0.490 e. The van der Waals surface area contributed by atoms with E-state index in [4.69, 9.17) is 4.74 Å². The average molecular weight is 462 g/mol. The number of aromatic nitrogens is 3. The van der Waals surface area contributed by atoms with Crippen molar-refractivity contribution in [1.82, 2.24) is 15.2 Å². The summed E-state index contributed by atoms with van der Waals surface area (Å²) in [5.74, 6) is 0.294. The van der Waals surface area contributed by atoms with Crippen LogP contribution in [0.4, 0.5) is 23.4 Å². The van der Waals surface area contributed by atoms with Crippen LogP contribution in [0, 0.1) is 29.5 Å². The summed E-state index contributed by atoms with van der Waals surface area (Å²) >= 11 is 0. The number of hydrogen-bond acceptors (Lipinski definition) is 4. The van der Waals surface area contributed by atoms with Crippen molar-refractivity contribution in [1.29, 1.82) is 0 Å². The van der Waals surface area contributed by atoms with Crippen LogP contribution in [0.15, 0.2) is 36.5 Å². The number of hydrogen-bond donors (Lipinski definition) is 2. The van der Waals surface area contributed by atoms with Crippen LogP contribution in [0.5, 0.6) is 5.75 Å². The van der Waals surface area contributed by atoms with E-state index >= 15 is 0 Å². The highest BCUT2D eigenvalue weighted by Crippen LogP contribution is 2.62. The first-order chi connectivity index (χ1) is 15.7. The third-order valence-corrected chi connectivity index (χ3v) is 6.80. The molecule has 2 fully saturated rings. The molecule has 2 heterocycles. The van der Waals surface area contributed by atoms with Gasteiger partial charge in [0.05, 0.1) is 11.6 Å². The molecular weight excluding hydrogens is 440 g/mol. The van der Waals surface area contributed by atoms with Crippen molar-refractivity contribution < 1.29 is 27.1 Å². The number of nitrogens with one attached hydrogen (secondary N) is 2. The first kappa shape index (κ1) is 21.7. The number of aromatic amines is 1. The number of nitrogens with zero attached hydrogens (tertiary/aromatic N) is 2. The molecule has 5 atom stereocenters. The maximum atomic E-state index is 13.7. The maximum Gasteiger partial charge on any atom is 0.432 e. The predicted octanol–water partition coefficient (Wildman–Crippen LogP) is 5.18. The van der Waals surface area contributed by atoms with E-state index in [-0.39, 0.29) is 35.5 Å². The highest BCUT2D eigenvalue weighted by atomic mass is 19.4. The van der Waals surface area contributed by atoms with E-state index < -0.39 is 11.9 Å². The second-order valence-electron chi connectivity index (χ2n) is 8.76. The lowest BCUT2D eigenvalue weighted by Crippen LogP contribution is -2.27. The lowest BCUT2D eigenvalue weighted by Gasteiger charge is -2.21. The van der Waals surface area contributed by atoms with Crippen molar-refractivity contribution in [2.45, 2.75) is 38.5 Å². The number of alkyl halides is 3. The molecule has 0 saturated heterocycles. The van der Waals surface area contributed by atoms with E-state index in [1.54, 1.807) is 18.3 Å². The fourth-order valence-corrected chi connectivity index (χ4v) is 5.29. The Labute approximate surface area is 186 Å². The number of halogens is 4. The lowest BCUT2D eigenvalue weighted by molar-refractivity contribution is -0.141. The van der Waals surface area contributed by atoms with Gasteiger partial charge in [0.15, 0.2) is 5.82 Å². The Balaban J connectivity index is 1.21. The van der Waals surface area contributed by atoms with Gasteiger partial charge in [-0.2, -0.15) is 18.3 Å². The van der Waals surface area contributed by atoms with Gasteiger partial charge >= 0.3 is 6.18 Å². The van der Waals surface area contributed by atoms with Gasteiger partial charge in [-0.3, -0.25) is 14.9 Å². The van der Waals surface area contributed by atoms with Gasteiger partial charge in [-0.25, -0.2) is 4.39 Å². The molecule has 33 heavy (non-hydrogen) atoms. The van der Waals surface area contributed by atoms with Crippen molar-refractivity contribution >= 4 is 22.6 Å². The second kappa shape index (κ2) is 8.00. The fraction of sp³-hybridized carbons (Fsp3) is 0.435. The molecule has 2 aliphatic carbocycles. The van der Waals surface area contributed by atoms with Crippen LogP contribution in [0.3, 0.4) is 0 Å². The molecule has 174 valence electrons. The van der Waals surface area contributed by atoms with Gasteiger partial charge in [-0.15, -0.1) is 0 Å². The van der Waals surface area contributed by atoms with Crippen LogP contribution in [0.25, 0.3) is 10.9 Å². The van der Waals surface area contributed by atoms with E-state index in [0.717, 1.165) is 18.9 Å². The first-order valence-corrected chi connectivity index (χ1v) is 10.9. The number of fused-ring (bicyclic) bond motifs is 2. The summed E-state index contributed by atoms with van der Waals surface area (Å²) in [7, 11) is 0. The lowest BCUT2D eigenvalue weighted by atomic mass is 9.93. The SMILES string of the molecule is CCC(C(=O)Nc1cc(C(F)(F)F)[nH]n1)C1[C@H]2CC(Oc3ccnc4ccc(F)cc34)C[C@@H]12. The van der Waals surface area contributed by atoms with Crippen LogP contribution in [-0.4, -0.2) is 27.2 Å². The maximum absolute atomic E-state index is 13.7. The zero-order valence-electron chi connectivity index (χ0n) is 17.7. The molecular formula is C23H22F4N4O2. The molecule has 1 aromatic carbocycles. The zero-order valence-corrected chi connectivity index (χ0v) is 17.7. The minimum absolute atomic E-state index is 0.0358. The Morgan fingerprint density at radius 3 is 2.67 bits per heavy atom. The quantitative estimate of drug-likeness (QED) is 0.495. The Bertz CT molecular complexity index is 1180. The number of anilines is 1. The van der Waals surface area contributed by atoms with Gasteiger partial charge in [0, 0.05) is 23.6 Å². The molecule has 3 unspecified atom stereocenters. The summed E-state index contributed by atoms with van der Waals surface area (Å²) in [6.07, 6.45) is -0.817. The molecule has 2 saturated carbocycles. The molecule has 0 radical (unpaired) electrons. The Kier molecular flexibility index (Phi) is 5.25. The molecule has 10 heteroatoms. The molecule has 3 aromatic rings. The number of carbonyl (C=O) groups excluding carboxylic acids is 1. The van der Waals surface area contributed by atoms with Crippen molar-refractivity contribution in [2.75, 3.05) is 5.32 Å². The van der Waals surface area contributed by atoms with Gasteiger partial charge in [0.25, 0.3) is 0 Å². The van der Waals surface area contributed by atoms with E-state index in [0.29, 0.717) is 34.9 Å². The van der Waals surface area contributed by atoms with E-state index in [2.05, 4.69) is 15.4 Å². The minimum atomic E-state index is -4.55. The standard InChI is InChI=1S/C23H22F4N4O2/c1-2-13(22(32)29-20-10-19(30-31-20)23(25,26)27)21-14-8-12(9-15(14)21)33-18-5-6-28-17-4-3-11(24)7-16(17)18/h3-7,10,12-15,21H,2,8-9H2,1H3,(H2,29,30,31,32)/t12?,13?,14-,15+,21?. The normalized spacial score (nSPS) is 25.0. The van der Waals surface area contributed by atoms with Crippen LogP contribution < -0.4 is 10.1 Å². The van der Waals surface area contributed by atoms with Crippen molar-refractivity contribution in [2.24, 2.45) is 23.7 Å². The van der Waals surface area contributed by atoms with E-state index in [1.165, 1.54) is 12.1 Å². The molecule has 5 rings (SSSR count). The molecule has 0 spiro atoms. The van der Waals surface area contributed by atoms with E-state index in [1.807, 2.05) is 12.0 Å². The molecule has 0 bridgehead atoms. The van der Waals surface area contributed by atoms with Gasteiger partial charge in [0.1, 0.15) is 17.3 Å². The monoisotopic (exact) mass is 462 g/mol. The Morgan fingerprint density at radius 1 is 1.24 bits per heavy atom. The topological polar surface area (TPSA) is 79.9 Å². The minimum Gasteiger partial charge on any atom is -0.490 e. The van der Waals surface area contributed by atoms with Crippen LogP contribution >= 0.6 is 0 Å². The van der Waals surface area contributed by atoms with E-state index in [9.17, 15) is 22.4 Å². The number of ether oxygens (including phenoxy) is 1. The van der Waals surface area contributed by atoms with Crippen molar-refractivity contribution in [3.63, 3.8) is 0 Å². The number of rotatable bonds is 6. The summed E-state index contributed by atoms with van der Waals surface area (Å²) < 4.78 is 58.1. The van der Waals surface area contributed by atoms with Crippen molar-refractivity contribution in [3.8, 4) is 5.75 Å². The molecule has 0 aliphatic heterocycles. The average Bonchev–Trinajstić information content (AvgIpc) is 3.11. The summed E-state index contributed by atoms with van der Waals surface area (Å²) in [6.45, 7) is 1.90. The summed E-state index contributed by atoms with van der Waals surface area (Å²) in [5, 5.41) is 8.60. The van der Waals surface area contributed by atoms with Gasteiger partial charge in [0.2, 0.25) is 5.91 Å². The number of carbonyl (C=O) groups is 1. The van der Waals surface area contributed by atoms with Crippen LogP contribution in [0.2, 0.25) is 0 Å². The zero-order chi connectivity index (χ0) is 23.3. The summed E-state index contributed by atoms with van der Waals surface area (Å²) in [4.78, 5) is 17.0. The number of pyridine rings is 1. The third-order valence-electron chi connectivity index (χ3n) is 6.80. The van der Waals surface area contributed by atoms with Gasteiger partial charge in [-0.1, -0.05) is 6.92 Å². The van der Waals surface area contributed by atoms with Crippen molar-refractivity contribution in [3.05, 3.63) is 48.0 Å². The summed E-state index contributed by atoms with van der Waals surface area (Å²) in [6, 6.07) is 6.90. The molecule has 2 aromatic heterocycles. The van der Waals surface area contributed by atoms with Gasteiger partial charge in [-0.05, 0) is 61.3 Å². The number of H-pyrrole nitrogens is 1. The Morgan fingerprint density at radius 2 is 2.00 bits per heavy atom. The first-order valence-electron chi connectivity index (χ1n) is 10.9. The van der Waals surface area contributed by atoms with Crippen LogP contribution in [0.1, 0.15) is 31.9 Å². The Hall–Kier alpha value is -3.17. The predicted molar refractivity (Wildman–Crippen MR) is 112 cm³/mol. The smallest absolute Gasteiger partial charge is 0.432 e. The molecule has 1 amide bonds. The second-order valence-corrected chi connectivity index (χ2v) is 8.76. The third kappa shape index (κ3) is 4.14. The summed E-state index contributed by atoms with van der Waals surface area (Å²) in [5.41, 5.74) is -0.345. The number of amides is 1. The molecule has 2 aliphatic rings. The number of benzene rings is 1.